The molecule has 7 heteroatoms. The lowest BCUT2D eigenvalue weighted by Gasteiger charge is -2.34. The number of carbonyl (C=O) groups is 1. The van der Waals surface area contributed by atoms with Crippen molar-refractivity contribution in [3.05, 3.63) is 11.7 Å². The van der Waals surface area contributed by atoms with Crippen LogP contribution in [0.25, 0.3) is 0 Å². The molecule has 0 unspecified atom stereocenters. The molecule has 1 amide bonds. The molecule has 0 N–H and O–H groups in total. The quantitative estimate of drug-likeness (QED) is 0.835. The van der Waals surface area contributed by atoms with Crippen molar-refractivity contribution in [2.75, 3.05) is 37.7 Å². The third-order valence-corrected chi connectivity index (χ3v) is 5.13. The van der Waals surface area contributed by atoms with Gasteiger partial charge in [-0.3, -0.25) is 9.69 Å². The molecule has 3 heterocycles. The van der Waals surface area contributed by atoms with Crippen LogP contribution in [0.15, 0.2) is 4.52 Å². The fourth-order valence-electron chi connectivity index (χ4n) is 2.98. The molecule has 2 aliphatic rings. The first kappa shape index (κ1) is 14.8. The Morgan fingerprint density at radius 3 is 2.62 bits per heavy atom. The monoisotopic (exact) mass is 310 g/mol. The second-order valence-electron chi connectivity index (χ2n) is 5.72. The van der Waals surface area contributed by atoms with Gasteiger partial charge >= 0.3 is 0 Å². The number of amides is 1. The van der Waals surface area contributed by atoms with Crippen LogP contribution in [0.2, 0.25) is 0 Å². The lowest BCUT2D eigenvalue weighted by atomic mass is 9.95. The summed E-state index contributed by atoms with van der Waals surface area (Å²) in [4.78, 5) is 21.1. The van der Waals surface area contributed by atoms with Crippen molar-refractivity contribution in [3.63, 3.8) is 0 Å². The molecule has 0 spiro atoms. The fraction of sp³-hybridized carbons (Fsp3) is 0.786. The minimum absolute atomic E-state index is 0.203. The van der Waals surface area contributed by atoms with Crippen molar-refractivity contribution in [2.45, 2.75) is 26.3 Å². The van der Waals surface area contributed by atoms with E-state index in [1.807, 2.05) is 18.7 Å². The highest BCUT2D eigenvalue weighted by atomic mass is 32.2. The lowest BCUT2D eigenvalue weighted by molar-refractivity contribution is -0.136. The molecular formula is C14H22N4O2S. The van der Waals surface area contributed by atoms with Crippen LogP contribution in [0.3, 0.4) is 0 Å². The van der Waals surface area contributed by atoms with E-state index in [4.69, 9.17) is 4.52 Å². The van der Waals surface area contributed by atoms with Gasteiger partial charge in [-0.05, 0) is 32.9 Å². The summed E-state index contributed by atoms with van der Waals surface area (Å²) in [5.41, 5.74) is 0. The molecule has 0 saturated carbocycles. The molecule has 21 heavy (non-hydrogen) atoms. The van der Waals surface area contributed by atoms with Gasteiger partial charge in [0, 0.05) is 30.5 Å². The molecular weight excluding hydrogens is 288 g/mol. The van der Waals surface area contributed by atoms with Gasteiger partial charge in [0.2, 0.25) is 11.8 Å². The molecule has 0 aromatic carbocycles. The summed E-state index contributed by atoms with van der Waals surface area (Å²) in [6, 6.07) is 0. The standard InChI is InChI=1S/C14H22N4O2S/c1-11-15-13(20-16-11)10-17-4-2-12(3-5-17)14(19)18-6-8-21-9-7-18/h12H,2-10H2,1H3. The first-order valence-corrected chi connectivity index (χ1v) is 8.76. The average Bonchev–Trinajstić information content (AvgIpc) is 2.93. The zero-order chi connectivity index (χ0) is 14.7. The third kappa shape index (κ3) is 3.77. The summed E-state index contributed by atoms with van der Waals surface area (Å²) in [5, 5.41) is 3.81. The van der Waals surface area contributed by atoms with Crippen molar-refractivity contribution < 1.29 is 9.32 Å². The molecule has 116 valence electrons. The van der Waals surface area contributed by atoms with Gasteiger partial charge in [0.15, 0.2) is 5.82 Å². The Labute approximate surface area is 129 Å². The van der Waals surface area contributed by atoms with Crippen LogP contribution in [-0.2, 0) is 11.3 Å². The summed E-state index contributed by atoms with van der Waals surface area (Å²) in [5.74, 6) is 4.09. The number of hydrogen-bond donors (Lipinski definition) is 0. The third-order valence-electron chi connectivity index (χ3n) is 4.19. The minimum Gasteiger partial charge on any atom is -0.341 e. The van der Waals surface area contributed by atoms with Crippen molar-refractivity contribution in [1.29, 1.82) is 0 Å². The van der Waals surface area contributed by atoms with Crippen LogP contribution in [-0.4, -0.2) is 63.5 Å². The summed E-state index contributed by atoms with van der Waals surface area (Å²) in [7, 11) is 0. The maximum atomic E-state index is 12.5. The van der Waals surface area contributed by atoms with Crippen LogP contribution in [0.5, 0.6) is 0 Å². The van der Waals surface area contributed by atoms with E-state index in [9.17, 15) is 4.79 Å². The number of aromatic nitrogens is 2. The molecule has 1 aromatic rings. The van der Waals surface area contributed by atoms with E-state index >= 15 is 0 Å². The van der Waals surface area contributed by atoms with Gasteiger partial charge in [-0.25, -0.2) is 0 Å². The number of thioether (sulfide) groups is 1. The van der Waals surface area contributed by atoms with Crippen molar-refractivity contribution in [2.24, 2.45) is 5.92 Å². The molecule has 0 bridgehead atoms. The van der Waals surface area contributed by atoms with Crippen LogP contribution in [0.4, 0.5) is 0 Å². The maximum Gasteiger partial charge on any atom is 0.240 e. The van der Waals surface area contributed by atoms with E-state index in [0.717, 1.165) is 50.5 Å². The average molecular weight is 310 g/mol. The number of carbonyl (C=O) groups excluding carboxylic acids is 1. The number of likely N-dealkylation sites (tertiary alicyclic amines) is 1. The topological polar surface area (TPSA) is 62.5 Å². The highest BCUT2D eigenvalue weighted by Crippen LogP contribution is 2.22. The van der Waals surface area contributed by atoms with E-state index in [1.165, 1.54) is 0 Å². The van der Waals surface area contributed by atoms with Gasteiger partial charge in [0.1, 0.15) is 0 Å². The van der Waals surface area contributed by atoms with Gasteiger partial charge in [-0.2, -0.15) is 16.7 Å². The largest absolute Gasteiger partial charge is 0.341 e. The van der Waals surface area contributed by atoms with E-state index in [2.05, 4.69) is 19.9 Å². The van der Waals surface area contributed by atoms with E-state index in [-0.39, 0.29) is 5.92 Å². The van der Waals surface area contributed by atoms with Gasteiger partial charge in [-0.15, -0.1) is 0 Å². The second kappa shape index (κ2) is 6.79. The van der Waals surface area contributed by atoms with Gasteiger partial charge in [-0.1, -0.05) is 5.16 Å². The van der Waals surface area contributed by atoms with Crippen LogP contribution in [0.1, 0.15) is 24.6 Å². The highest BCUT2D eigenvalue weighted by Gasteiger charge is 2.29. The Kier molecular flexibility index (Phi) is 4.80. The summed E-state index contributed by atoms with van der Waals surface area (Å²) >= 11 is 1.94. The molecule has 0 radical (unpaired) electrons. The smallest absolute Gasteiger partial charge is 0.240 e. The normalized spacial score (nSPS) is 21.7. The summed E-state index contributed by atoms with van der Waals surface area (Å²) in [6.45, 7) is 6.23. The summed E-state index contributed by atoms with van der Waals surface area (Å²) in [6.07, 6.45) is 1.88. The van der Waals surface area contributed by atoms with Gasteiger partial charge in [0.25, 0.3) is 0 Å². The Bertz CT molecular complexity index is 479. The maximum absolute atomic E-state index is 12.5. The molecule has 0 aliphatic carbocycles. The van der Waals surface area contributed by atoms with Crippen molar-refractivity contribution >= 4 is 17.7 Å². The molecule has 3 rings (SSSR count). The molecule has 1 aromatic heterocycles. The number of rotatable bonds is 3. The van der Waals surface area contributed by atoms with Crippen LogP contribution in [0, 0.1) is 12.8 Å². The molecule has 2 fully saturated rings. The van der Waals surface area contributed by atoms with Gasteiger partial charge in [0.05, 0.1) is 6.54 Å². The lowest BCUT2D eigenvalue weighted by Crippen LogP contribution is -2.45. The van der Waals surface area contributed by atoms with E-state index < -0.39 is 0 Å². The first-order valence-electron chi connectivity index (χ1n) is 7.60. The van der Waals surface area contributed by atoms with Crippen molar-refractivity contribution in [1.82, 2.24) is 19.9 Å². The van der Waals surface area contributed by atoms with E-state index in [0.29, 0.717) is 24.2 Å². The molecule has 6 nitrogen and oxygen atoms in total. The number of piperidine rings is 1. The zero-order valence-corrected chi connectivity index (χ0v) is 13.3. The predicted octanol–water partition coefficient (Wildman–Crippen LogP) is 1.17. The first-order chi connectivity index (χ1) is 10.2. The Balaban J connectivity index is 1.47. The SMILES string of the molecule is Cc1noc(CN2CCC(C(=O)N3CCSCC3)CC2)n1. The minimum atomic E-state index is 0.203. The second-order valence-corrected chi connectivity index (χ2v) is 6.95. The number of hydrogen-bond acceptors (Lipinski definition) is 6. The van der Waals surface area contributed by atoms with Crippen LogP contribution < -0.4 is 0 Å². The zero-order valence-electron chi connectivity index (χ0n) is 12.5. The molecule has 0 atom stereocenters. The van der Waals surface area contributed by atoms with Crippen LogP contribution >= 0.6 is 11.8 Å². The highest BCUT2D eigenvalue weighted by molar-refractivity contribution is 7.99. The Morgan fingerprint density at radius 1 is 1.29 bits per heavy atom. The molecule has 2 saturated heterocycles. The van der Waals surface area contributed by atoms with E-state index in [1.54, 1.807) is 0 Å². The Hall–Kier alpha value is -1.08. The fourth-order valence-corrected chi connectivity index (χ4v) is 3.88. The Morgan fingerprint density at radius 2 is 2.00 bits per heavy atom. The van der Waals surface area contributed by atoms with Crippen molar-refractivity contribution in [3.8, 4) is 0 Å². The summed E-state index contributed by atoms with van der Waals surface area (Å²) < 4.78 is 5.16. The predicted molar refractivity (Wildman–Crippen MR) is 80.9 cm³/mol. The molecule has 2 aliphatic heterocycles. The van der Waals surface area contributed by atoms with Gasteiger partial charge < -0.3 is 9.42 Å². The number of aryl methyl sites for hydroxylation is 1. The number of nitrogens with zero attached hydrogens (tertiary/aromatic N) is 4.